The lowest BCUT2D eigenvalue weighted by atomic mass is 9.99. The zero-order chi connectivity index (χ0) is 21.5. The van der Waals surface area contributed by atoms with Gasteiger partial charge in [-0.25, -0.2) is 9.18 Å². The van der Waals surface area contributed by atoms with E-state index in [4.69, 9.17) is 4.74 Å². The molecule has 0 saturated carbocycles. The number of carbonyl (C=O) groups is 2. The van der Waals surface area contributed by atoms with E-state index in [-0.39, 0.29) is 24.0 Å². The summed E-state index contributed by atoms with van der Waals surface area (Å²) in [7, 11) is 1.35. The molecular weight excluding hydrogens is 383 g/mol. The quantitative estimate of drug-likeness (QED) is 0.694. The standard InChI is InChI=1S/C24H29FN2O3/c1-17(20-10-12-21(13-11-20)24(29)30-2)26-23(28)22-5-3-4-14-27(22)16-19-8-6-18(15-25)7-9-19/h6-13,17,22H,3-5,14-16H2,1-2H3,(H,26,28)/t17-,22+/m0/s1. The summed E-state index contributed by atoms with van der Waals surface area (Å²) < 4.78 is 17.5. The second-order valence-electron chi connectivity index (χ2n) is 7.78. The van der Waals surface area contributed by atoms with Gasteiger partial charge < -0.3 is 10.1 Å². The van der Waals surface area contributed by atoms with Crippen molar-refractivity contribution in [3.63, 3.8) is 0 Å². The third-order valence-electron chi connectivity index (χ3n) is 5.67. The van der Waals surface area contributed by atoms with Gasteiger partial charge in [0.1, 0.15) is 6.67 Å². The molecule has 0 bridgehead atoms. The average Bonchev–Trinajstić information content (AvgIpc) is 2.79. The summed E-state index contributed by atoms with van der Waals surface area (Å²) in [5.74, 6) is -0.366. The van der Waals surface area contributed by atoms with Crippen LogP contribution in [0, 0.1) is 0 Å². The fourth-order valence-electron chi connectivity index (χ4n) is 3.86. The molecular formula is C24H29FN2O3. The lowest BCUT2D eigenvalue weighted by molar-refractivity contribution is -0.128. The fourth-order valence-corrected chi connectivity index (χ4v) is 3.86. The summed E-state index contributed by atoms with van der Waals surface area (Å²) in [6.07, 6.45) is 2.91. The first kappa shape index (κ1) is 22.0. The number of alkyl halides is 1. The largest absolute Gasteiger partial charge is 0.465 e. The van der Waals surface area contributed by atoms with Crippen molar-refractivity contribution in [3.05, 3.63) is 70.8 Å². The molecule has 1 N–H and O–H groups in total. The van der Waals surface area contributed by atoms with Gasteiger partial charge in [0.25, 0.3) is 0 Å². The number of rotatable bonds is 7. The lowest BCUT2D eigenvalue weighted by Gasteiger charge is -2.35. The van der Waals surface area contributed by atoms with Gasteiger partial charge in [-0.1, -0.05) is 42.8 Å². The summed E-state index contributed by atoms with van der Waals surface area (Å²) in [4.78, 5) is 26.8. The highest BCUT2D eigenvalue weighted by atomic mass is 19.1. The molecule has 0 radical (unpaired) electrons. The minimum absolute atomic E-state index is 0.0135. The Bertz CT molecular complexity index is 852. The van der Waals surface area contributed by atoms with Crippen LogP contribution >= 0.6 is 0 Å². The van der Waals surface area contributed by atoms with E-state index >= 15 is 0 Å². The van der Waals surface area contributed by atoms with Gasteiger partial charge in [0.2, 0.25) is 5.91 Å². The van der Waals surface area contributed by atoms with E-state index in [2.05, 4.69) is 10.2 Å². The number of nitrogens with one attached hydrogen (secondary N) is 1. The molecule has 1 fully saturated rings. The highest BCUT2D eigenvalue weighted by Crippen LogP contribution is 2.22. The van der Waals surface area contributed by atoms with Crippen molar-refractivity contribution in [2.45, 2.75) is 51.5 Å². The van der Waals surface area contributed by atoms with E-state index in [0.29, 0.717) is 17.7 Å². The zero-order valence-corrected chi connectivity index (χ0v) is 17.6. The normalized spacial score (nSPS) is 17.9. The number of hydrogen-bond acceptors (Lipinski definition) is 4. The number of methoxy groups -OCH3 is 1. The smallest absolute Gasteiger partial charge is 0.337 e. The summed E-state index contributed by atoms with van der Waals surface area (Å²) in [5.41, 5.74) is 3.16. The van der Waals surface area contributed by atoms with Crippen LogP contribution in [0.2, 0.25) is 0 Å². The molecule has 1 aliphatic rings. The Morgan fingerprint density at radius 1 is 1.10 bits per heavy atom. The molecule has 0 aliphatic carbocycles. The Morgan fingerprint density at radius 2 is 1.77 bits per heavy atom. The SMILES string of the molecule is COC(=O)c1ccc([C@H](C)NC(=O)[C@H]2CCCCN2Cc2ccc(CF)cc2)cc1. The van der Waals surface area contributed by atoms with Crippen molar-refractivity contribution in [1.29, 1.82) is 0 Å². The molecule has 0 aromatic heterocycles. The van der Waals surface area contributed by atoms with E-state index in [1.165, 1.54) is 7.11 Å². The van der Waals surface area contributed by atoms with Crippen molar-refractivity contribution in [1.82, 2.24) is 10.2 Å². The molecule has 1 saturated heterocycles. The topological polar surface area (TPSA) is 58.6 Å². The molecule has 2 atom stereocenters. The summed E-state index contributed by atoms with van der Waals surface area (Å²) in [5, 5.41) is 3.12. The third-order valence-corrected chi connectivity index (χ3v) is 5.67. The number of nitrogens with zero attached hydrogens (tertiary/aromatic N) is 1. The highest BCUT2D eigenvalue weighted by molar-refractivity contribution is 5.89. The minimum Gasteiger partial charge on any atom is -0.465 e. The average molecular weight is 413 g/mol. The number of carbonyl (C=O) groups excluding carboxylic acids is 2. The van der Waals surface area contributed by atoms with Crippen LogP contribution in [0.15, 0.2) is 48.5 Å². The second-order valence-corrected chi connectivity index (χ2v) is 7.78. The molecule has 3 rings (SSSR count). The first-order chi connectivity index (χ1) is 14.5. The molecule has 160 valence electrons. The van der Waals surface area contributed by atoms with Gasteiger partial charge in [0.05, 0.1) is 24.8 Å². The first-order valence-corrected chi connectivity index (χ1v) is 10.4. The maximum atomic E-state index is 13.0. The number of esters is 1. The van der Waals surface area contributed by atoms with Crippen LogP contribution in [-0.4, -0.2) is 36.5 Å². The Balaban J connectivity index is 1.63. The Morgan fingerprint density at radius 3 is 2.40 bits per heavy atom. The van der Waals surface area contributed by atoms with Crippen LogP contribution < -0.4 is 5.32 Å². The molecule has 2 aromatic rings. The van der Waals surface area contributed by atoms with Crippen molar-refractivity contribution < 1.29 is 18.7 Å². The Hall–Kier alpha value is -2.73. The van der Waals surface area contributed by atoms with Gasteiger partial charge in [-0.05, 0) is 55.1 Å². The second kappa shape index (κ2) is 10.3. The lowest BCUT2D eigenvalue weighted by Crippen LogP contribution is -2.49. The van der Waals surface area contributed by atoms with Crippen LogP contribution in [0.4, 0.5) is 4.39 Å². The van der Waals surface area contributed by atoms with Crippen LogP contribution in [0.5, 0.6) is 0 Å². The van der Waals surface area contributed by atoms with Crippen molar-refractivity contribution in [2.24, 2.45) is 0 Å². The molecule has 0 spiro atoms. The van der Waals surface area contributed by atoms with Crippen LogP contribution in [0.1, 0.15) is 59.3 Å². The molecule has 2 aromatic carbocycles. The molecule has 1 heterocycles. The number of piperidine rings is 1. The molecule has 1 amide bonds. The molecule has 1 aliphatic heterocycles. The maximum absolute atomic E-state index is 13.0. The van der Waals surface area contributed by atoms with E-state index in [1.54, 1.807) is 24.3 Å². The van der Waals surface area contributed by atoms with E-state index < -0.39 is 6.67 Å². The number of halogens is 1. The van der Waals surface area contributed by atoms with Crippen LogP contribution in [0.3, 0.4) is 0 Å². The number of amides is 1. The molecule has 0 unspecified atom stereocenters. The van der Waals surface area contributed by atoms with Crippen LogP contribution in [0.25, 0.3) is 0 Å². The summed E-state index contributed by atoms with van der Waals surface area (Å²) in [6, 6.07) is 14.2. The van der Waals surface area contributed by atoms with E-state index in [1.807, 2.05) is 31.2 Å². The molecule has 5 nitrogen and oxygen atoms in total. The Labute approximate surface area is 177 Å². The van der Waals surface area contributed by atoms with E-state index in [0.717, 1.165) is 36.9 Å². The van der Waals surface area contributed by atoms with Gasteiger partial charge in [-0.15, -0.1) is 0 Å². The van der Waals surface area contributed by atoms with Crippen molar-refractivity contribution >= 4 is 11.9 Å². The maximum Gasteiger partial charge on any atom is 0.337 e. The first-order valence-electron chi connectivity index (χ1n) is 10.4. The van der Waals surface area contributed by atoms with Gasteiger partial charge in [0.15, 0.2) is 0 Å². The number of ether oxygens (including phenoxy) is 1. The van der Waals surface area contributed by atoms with Crippen LogP contribution in [-0.2, 0) is 22.8 Å². The minimum atomic E-state index is -0.465. The van der Waals surface area contributed by atoms with Gasteiger partial charge in [-0.2, -0.15) is 0 Å². The predicted octanol–water partition coefficient (Wildman–Crippen LogP) is 4.17. The zero-order valence-electron chi connectivity index (χ0n) is 17.6. The fraction of sp³-hybridized carbons (Fsp3) is 0.417. The van der Waals surface area contributed by atoms with Gasteiger partial charge in [-0.3, -0.25) is 9.69 Å². The molecule has 6 heteroatoms. The third kappa shape index (κ3) is 5.45. The summed E-state index contributed by atoms with van der Waals surface area (Å²) >= 11 is 0. The number of benzene rings is 2. The van der Waals surface area contributed by atoms with Gasteiger partial charge in [0, 0.05) is 6.54 Å². The Kier molecular flexibility index (Phi) is 7.57. The molecule has 30 heavy (non-hydrogen) atoms. The van der Waals surface area contributed by atoms with E-state index in [9.17, 15) is 14.0 Å². The summed E-state index contributed by atoms with van der Waals surface area (Å²) in [6.45, 7) is 3.01. The van der Waals surface area contributed by atoms with Crippen molar-refractivity contribution in [3.8, 4) is 0 Å². The van der Waals surface area contributed by atoms with Gasteiger partial charge >= 0.3 is 5.97 Å². The van der Waals surface area contributed by atoms with Crippen molar-refractivity contribution in [2.75, 3.05) is 13.7 Å². The highest BCUT2D eigenvalue weighted by Gasteiger charge is 2.29. The number of hydrogen-bond donors (Lipinski definition) is 1. The monoisotopic (exact) mass is 412 g/mol. The predicted molar refractivity (Wildman–Crippen MR) is 114 cm³/mol. The number of likely N-dealkylation sites (tertiary alicyclic amines) is 1.